The molecule has 6 nitrogen and oxygen atoms in total. The molecule has 0 fully saturated rings. The molecule has 120 valence electrons. The lowest BCUT2D eigenvalue weighted by molar-refractivity contribution is 0.323. The Hall–Kier alpha value is -1.31. The molecule has 0 aromatic heterocycles. The molecule has 21 heavy (non-hydrogen) atoms. The normalized spacial score (nSPS) is 13.2. The third kappa shape index (κ3) is 5.91. The monoisotopic (exact) mass is 316 g/mol. The Labute approximate surface area is 126 Å². The number of methoxy groups -OCH3 is 2. The number of nitrogens with zero attached hydrogens (tertiary/aromatic N) is 1. The molecule has 0 saturated carbocycles. The molecule has 1 aromatic rings. The maximum atomic E-state index is 11.2. The SMILES string of the molecule is COc1ccc(C(N)CN(C)CCS(C)(=O)=O)c(OC)c1. The van der Waals surface area contributed by atoms with Crippen LogP contribution in [0.3, 0.4) is 0 Å². The average molecular weight is 316 g/mol. The number of rotatable bonds is 8. The topological polar surface area (TPSA) is 81.9 Å². The highest BCUT2D eigenvalue weighted by atomic mass is 32.2. The summed E-state index contributed by atoms with van der Waals surface area (Å²) in [4.78, 5) is 1.90. The summed E-state index contributed by atoms with van der Waals surface area (Å²) in [5.74, 6) is 1.49. The quantitative estimate of drug-likeness (QED) is 0.759. The van der Waals surface area contributed by atoms with E-state index in [1.54, 1.807) is 20.3 Å². The third-order valence-electron chi connectivity index (χ3n) is 3.19. The van der Waals surface area contributed by atoms with Gasteiger partial charge in [0.1, 0.15) is 21.3 Å². The standard InChI is InChI=1S/C14H24N2O4S/c1-16(7-8-21(4,17)18)10-13(15)12-6-5-11(19-2)9-14(12)20-3/h5-6,9,13H,7-8,10,15H2,1-4H3. The summed E-state index contributed by atoms with van der Waals surface area (Å²) in [6, 6.07) is 5.21. The Kier molecular flexibility index (Phi) is 6.44. The van der Waals surface area contributed by atoms with Crippen molar-refractivity contribution >= 4 is 9.84 Å². The summed E-state index contributed by atoms with van der Waals surface area (Å²) in [5.41, 5.74) is 7.06. The summed E-state index contributed by atoms with van der Waals surface area (Å²) in [7, 11) is 2.06. The van der Waals surface area contributed by atoms with Crippen LogP contribution in [0.15, 0.2) is 18.2 Å². The van der Waals surface area contributed by atoms with E-state index in [4.69, 9.17) is 15.2 Å². The minimum Gasteiger partial charge on any atom is -0.497 e. The first-order valence-electron chi connectivity index (χ1n) is 6.60. The largest absolute Gasteiger partial charge is 0.497 e. The third-order valence-corrected chi connectivity index (χ3v) is 4.12. The van der Waals surface area contributed by atoms with E-state index in [1.807, 2.05) is 24.1 Å². The lowest BCUT2D eigenvalue weighted by Gasteiger charge is -2.22. The van der Waals surface area contributed by atoms with Crippen LogP contribution in [0, 0.1) is 0 Å². The van der Waals surface area contributed by atoms with E-state index in [0.29, 0.717) is 24.6 Å². The van der Waals surface area contributed by atoms with E-state index in [9.17, 15) is 8.42 Å². The predicted molar refractivity (Wildman–Crippen MR) is 83.7 cm³/mol. The van der Waals surface area contributed by atoms with E-state index >= 15 is 0 Å². The van der Waals surface area contributed by atoms with Crippen molar-refractivity contribution in [2.24, 2.45) is 5.73 Å². The van der Waals surface area contributed by atoms with Gasteiger partial charge >= 0.3 is 0 Å². The number of nitrogens with two attached hydrogens (primary N) is 1. The highest BCUT2D eigenvalue weighted by Crippen LogP contribution is 2.28. The van der Waals surface area contributed by atoms with Gasteiger partial charge in [0.25, 0.3) is 0 Å². The summed E-state index contributed by atoms with van der Waals surface area (Å²) in [6.45, 7) is 0.989. The summed E-state index contributed by atoms with van der Waals surface area (Å²) in [5, 5.41) is 0. The van der Waals surface area contributed by atoms with Gasteiger partial charge in [0, 0.05) is 37.0 Å². The Balaban J connectivity index is 2.72. The number of likely N-dealkylation sites (N-methyl/N-ethyl adjacent to an activating group) is 1. The van der Waals surface area contributed by atoms with Gasteiger partial charge in [-0.15, -0.1) is 0 Å². The second-order valence-electron chi connectivity index (χ2n) is 5.11. The molecule has 0 spiro atoms. The van der Waals surface area contributed by atoms with Crippen molar-refractivity contribution in [2.45, 2.75) is 6.04 Å². The maximum Gasteiger partial charge on any atom is 0.148 e. The highest BCUT2D eigenvalue weighted by molar-refractivity contribution is 7.90. The molecular weight excluding hydrogens is 292 g/mol. The predicted octanol–water partition coefficient (Wildman–Crippen LogP) is 0.680. The molecule has 0 amide bonds. The molecule has 1 unspecified atom stereocenters. The van der Waals surface area contributed by atoms with Crippen molar-refractivity contribution in [3.05, 3.63) is 23.8 Å². The van der Waals surface area contributed by atoms with Gasteiger partial charge in [0.15, 0.2) is 0 Å². The van der Waals surface area contributed by atoms with E-state index < -0.39 is 9.84 Å². The fourth-order valence-corrected chi connectivity index (χ4v) is 2.62. The molecule has 0 heterocycles. The molecular formula is C14H24N2O4S. The zero-order valence-electron chi connectivity index (χ0n) is 13.0. The van der Waals surface area contributed by atoms with Crippen LogP contribution in [0.5, 0.6) is 11.5 Å². The molecule has 0 bridgehead atoms. The van der Waals surface area contributed by atoms with E-state index in [1.165, 1.54) is 6.26 Å². The summed E-state index contributed by atoms with van der Waals surface area (Å²) in [6.07, 6.45) is 1.23. The number of hydrogen-bond acceptors (Lipinski definition) is 6. The fourth-order valence-electron chi connectivity index (χ4n) is 1.97. The van der Waals surface area contributed by atoms with Gasteiger partial charge in [-0.05, 0) is 13.1 Å². The van der Waals surface area contributed by atoms with Crippen LogP contribution >= 0.6 is 0 Å². The van der Waals surface area contributed by atoms with Crippen molar-refractivity contribution < 1.29 is 17.9 Å². The van der Waals surface area contributed by atoms with E-state index in [-0.39, 0.29) is 11.8 Å². The lowest BCUT2D eigenvalue weighted by Crippen LogP contribution is -2.32. The van der Waals surface area contributed by atoms with Crippen molar-refractivity contribution in [1.29, 1.82) is 0 Å². The molecule has 0 aliphatic heterocycles. The molecule has 0 radical (unpaired) electrons. The molecule has 0 aliphatic carbocycles. The first-order valence-corrected chi connectivity index (χ1v) is 8.66. The van der Waals surface area contributed by atoms with Crippen molar-refractivity contribution in [3.8, 4) is 11.5 Å². The molecule has 2 N–H and O–H groups in total. The molecule has 0 saturated heterocycles. The van der Waals surface area contributed by atoms with Gasteiger partial charge in [-0.3, -0.25) is 0 Å². The molecule has 1 rings (SSSR count). The van der Waals surface area contributed by atoms with Gasteiger partial charge in [0.2, 0.25) is 0 Å². The van der Waals surface area contributed by atoms with Gasteiger partial charge in [-0.2, -0.15) is 0 Å². The van der Waals surface area contributed by atoms with Gasteiger partial charge < -0.3 is 20.1 Å². The van der Waals surface area contributed by atoms with Crippen LogP contribution in [0.25, 0.3) is 0 Å². The van der Waals surface area contributed by atoms with Crippen LogP contribution in [-0.2, 0) is 9.84 Å². The molecule has 1 atom stereocenters. The van der Waals surface area contributed by atoms with Crippen LogP contribution in [0.2, 0.25) is 0 Å². The summed E-state index contributed by atoms with van der Waals surface area (Å²) < 4.78 is 32.8. The Morgan fingerprint density at radius 2 is 1.95 bits per heavy atom. The number of ether oxygens (including phenoxy) is 2. The number of hydrogen-bond donors (Lipinski definition) is 1. The summed E-state index contributed by atoms with van der Waals surface area (Å²) >= 11 is 0. The minimum absolute atomic E-state index is 0.121. The van der Waals surface area contributed by atoms with Gasteiger partial charge in [0.05, 0.1) is 20.0 Å². The Morgan fingerprint density at radius 3 is 2.48 bits per heavy atom. The van der Waals surface area contributed by atoms with Crippen molar-refractivity contribution in [1.82, 2.24) is 4.90 Å². The van der Waals surface area contributed by atoms with Gasteiger partial charge in [-0.1, -0.05) is 6.07 Å². The zero-order valence-corrected chi connectivity index (χ0v) is 13.8. The van der Waals surface area contributed by atoms with Crippen molar-refractivity contribution in [2.75, 3.05) is 46.4 Å². The lowest BCUT2D eigenvalue weighted by atomic mass is 10.1. The first kappa shape index (κ1) is 17.7. The smallest absolute Gasteiger partial charge is 0.148 e. The van der Waals surface area contributed by atoms with Crippen LogP contribution in [0.4, 0.5) is 0 Å². The number of benzene rings is 1. The second kappa shape index (κ2) is 7.63. The first-order chi connectivity index (χ1) is 9.76. The van der Waals surface area contributed by atoms with E-state index in [2.05, 4.69) is 0 Å². The Morgan fingerprint density at radius 1 is 1.29 bits per heavy atom. The van der Waals surface area contributed by atoms with Gasteiger partial charge in [-0.25, -0.2) is 8.42 Å². The fraction of sp³-hybridized carbons (Fsp3) is 0.571. The number of sulfone groups is 1. The zero-order chi connectivity index (χ0) is 16.0. The van der Waals surface area contributed by atoms with E-state index in [0.717, 1.165) is 5.56 Å². The Bertz CT molecular complexity index is 560. The second-order valence-corrected chi connectivity index (χ2v) is 7.37. The molecule has 0 aliphatic rings. The van der Waals surface area contributed by atoms with Crippen LogP contribution in [-0.4, -0.2) is 59.7 Å². The molecule has 1 aromatic carbocycles. The molecule has 7 heteroatoms. The maximum absolute atomic E-state index is 11.2. The minimum atomic E-state index is -2.97. The van der Waals surface area contributed by atoms with Crippen LogP contribution < -0.4 is 15.2 Å². The van der Waals surface area contributed by atoms with Crippen molar-refractivity contribution in [3.63, 3.8) is 0 Å². The van der Waals surface area contributed by atoms with Crippen LogP contribution in [0.1, 0.15) is 11.6 Å². The average Bonchev–Trinajstić information content (AvgIpc) is 2.43. The highest BCUT2D eigenvalue weighted by Gasteiger charge is 2.15.